The lowest BCUT2D eigenvalue weighted by Gasteiger charge is -2.05. The predicted octanol–water partition coefficient (Wildman–Crippen LogP) is 2.66. The minimum absolute atomic E-state index is 0.112. The smallest absolute Gasteiger partial charge is 0.268 e. The fraction of sp³-hybridized carbons (Fsp3) is 0. The van der Waals surface area contributed by atoms with Crippen molar-refractivity contribution in [2.45, 2.75) is 0 Å². The molecule has 1 amide bonds. The number of hydrogen-bond acceptors (Lipinski definition) is 5. The highest BCUT2D eigenvalue weighted by atomic mass is 32.1. The molecule has 0 radical (unpaired) electrons. The third kappa shape index (κ3) is 2.08. The predicted molar refractivity (Wildman–Crippen MR) is 76.2 cm³/mol. The molecular weight excluding hydrogens is 279 g/mol. The van der Waals surface area contributed by atoms with Gasteiger partial charge in [-0.3, -0.25) is 4.79 Å². The van der Waals surface area contributed by atoms with Crippen molar-refractivity contribution in [1.29, 1.82) is 0 Å². The van der Waals surface area contributed by atoms with Crippen molar-refractivity contribution in [2.24, 2.45) is 0 Å². The highest BCUT2D eigenvalue weighted by molar-refractivity contribution is 7.21. The molecule has 3 rings (SSSR count). The molecule has 7 heteroatoms. The van der Waals surface area contributed by atoms with Crippen LogP contribution in [0.3, 0.4) is 0 Å². The molecule has 0 saturated carbocycles. The molecule has 1 aromatic carbocycles. The topological polar surface area (TPSA) is 80.9 Å². The maximum Gasteiger partial charge on any atom is 0.268 e. The van der Waals surface area contributed by atoms with Crippen molar-refractivity contribution in [1.82, 2.24) is 10.2 Å². The van der Waals surface area contributed by atoms with Gasteiger partial charge >= 0.3 is 0 Å². The van der Waals surface area contributed by atoms with Crippen LogP contribution in [-0.2, 0) is 0 Å². The summed E-state index contributed by atoms with van der Waals surface area (Å²) in [6.07, 6.45) is 1.50. The third-order valence-corrected chi connectivity index (χ3v) is 3.85. The van der Waals surface area contributed by atoms with Crippen LogP contribution in [0, 0.1) is 5.82 Å². The highest BCUT2D eigenvalue weighted by Gasteiger charge is 2.18. The summed E-state index contributed by atoms with van der Waals surface area (Å²) in [5.41, 5.74) is 6.36. The number of nitrogen functional groups attached to an aromatic ring is 1. The van der Waals surface area contributed by atoms with Crippen molar-refractivity contribution in [3.05, 3.63) is 47.2 Å². The van der Waals surface area contributed by atoms with Crippen molar-refractivity contribution in [3.8, 4) is 0 Å². The van der Waals surface area contributed by atoms with Gasteiger partial charge in [-0.25, -0.2) is 4.39 Å². The van der Waals surface area contributed by atoms with E-state index < -0.39 is 11.7 Å². The van der Waals surface area contributed by atoms with Gasteiger partial charge < -0.3 is 11.1 Å². The zero-order valence-electron chi connectivity index (χ0n) is 10.1. The summed E-state index contributed by atoms with van der Waals surface area (Å²) in [4.78, 5) is 13.0. The Morgan fingerprint density at radius 1 is 1.30 bits per heavy atom. The molecule has 3 N–H and O–H groups in total. The Morgan fingerprint density at radius 2 is 2.10 bits per heavy atom. The Balaban J connectivity index is 1.97. The molecule has 0 bridgehead atoms. The monoisotopic (exact) mass is 288 g/mol. The fourth-order valence-corrected chi connectivity index (χ4v) is 2.72. The lowest BCUT2D eigenvalue weighted by atomic mass is 10.2. The van der Waals surface area contributed by atoms with Crippen molar-refractivity contribution in [2.75, 3.05) is 11.1 Å². The molecule has 0 spiro atoms. The summed E-state index contributed by atoms with van der Waals surface area (Å²) in [6, 6.07) is 7.63. The van der Waals surface area contributed by atoms with E-state index in [1.165, 1.54) is 18.3 Å². The molecule has 0 fully saturated rings. The third-order valence-electron chi connectivity index (χ3n) is 2.75. The number of hydrogen-bond donors (Lipinski definition) is 2. The van der Waals surface area contributed by atoms with Crippen LogP contribution in [-0.4, -0.2) is 16.1 Å². The van der Waals surface area contributed by atoms with Crippen LogP contribution in [0.15, 0.2) is 36.5 Å². The number of fused-ring (bicyclic) bond motifs is 1. The van der Waals surface area contributed by atoms with E-state index in [0.29, 0.717) is 20.8 Å². The van der Waals surface area contributed by atoms with E-state index >= 15 is 0 Å². The zero-order chi connectivity index (χ0) is 14.1. The first-order valence-corrected chi connectivity index (χ1v) is 6.54. The number of thiophene rings is 1. The first-order valence-electron chi connectivity index (χ1n) is 5.72. The van der Waals surface area contributed by atoms with Gasteiger partial charge in [0, 0.05) is 5.39 Å². The molecule has 0 aliphatic rings. The molecule has 2 aromatic heterocycles. The quantitative estimate of drug-likeness (QED) is 0.759. The molecule has 0 unspecified atom stereocenters. The van der Waals surface area contributed by atoms with Crippen molar-refractivity contribution in [3.63, 3.8) is 0 Å². The summed E-state index contributed by atoms with van der Waals surface area (Å²) in [6.45, 7) is 0. The van der Waals surface area contributed by atoms with E-state index in [4.69, 9.17) is 5.73 Å². The molecule has 0 atom stereocenters. The zero-order valence-corrected chi connectivity index (χ0v) is 10.9. The van der Waals surface area contributed by atoms with Crippen LogP contribution in [0.4, 0.5) is 15.8 Å². The van der Waals surface area contributed by atoms with Gasteiger partial charge in [-0.05, 0) is 18.2 Å². The summed E-state index contributed by atoms with van der Waals surface area (Å²) >= 11 is 1.12. The second-order valence-electron chi connectivity index (χ2n) is 4.03. The van der Waals surface area contributed by atoms with E-state index in [-0.39, 0.29) is 5.69 Å². The average molecular weight is 288 g/mol. The van der Waals surface area contributed by atoms with Crippen LogP contribution >= 0.6 is 11.3 Å². The number of benzene rings is 1. The first kappa shape index (κ1) is 12.5. The number of amides is 1. The van der Waals surface area contributed by atoms with E-state index in [9.17, 15) is 9.18 Å². The molecule has 2 heterocycles. The van der Waals surface area contributed by atoms with E-state index in [2.05, 4.69) is 15.5 Å². The van der Waals surface area contributed by atoms with Gasteiger partial charge in [-0.2, -0.15) is 5.10 Å². The lowest BCUT2D eigenvalue weighted by molar-refractivity contribution is 0.103. The average Bonchev–Trinajstić information content (AvgIpc) is 2.79. The maximum absolute atomic E-state index is 13.5. The Kier molecular flexibility index (Phi) is 3.03. The second-order valence-corrected chi connectivity index (χ2v) is 5.03. The van der Waals surface area contributed by atoms with Crippen molar-refractivity contribution >= 4 is 38.8 Å². The number of rotatable bonds is 2. The Hall–Kier alpha value is -2.54. The summed E-state index contributed by atoms with van der Waals surface area (Å²) < 4.78 is 13.5. The number of nitrogens with one attached hydrogen (secondary N) is 1. The highest BCUT2D eigenvalue weighted by Crippen LogP contribution is 2.32. The van der Waals surface area contributed by atoms with E-state index in [1.807, 2.05) is 0 Å². The summed E-state index contributed by atoms with van der Waals surface area (Å²) in [5.74, 6) is -0.962. The van der Waals surface area contributed by atoms with Crippen LogP contribution in [0.2, 0.25) is 0 Å². The van der Waals surface area contributed by atoms with Crippen LogP contribution in [0.5, 0.6) is 0 Å². The standard InChI is InChI=1S/C13H9FN4OS/c14-8-3-1-2-4-9(8)17-12(19)11-10(15)7-5-6-16-18-13(7)20-11/h1-6H,15H2,(H,17,19). The number of para-hydroxylation sites is 1. The number of halogens is 1. The summed E-state index contributed by atoms with van der Waals surface area (Å²) in [7, 11) is 0. The molecule has 100 valence electrons. The Labute approximate surface area is 117 Å². The fourth-order valence-electron chi connectivity index (χ4n) is 1.78. The van der Waals surface area contributed by atoms with Gasteiger partial charge in [-0.1, -0.05) is 12.1 Å². The molecule has 0 saturated heterocycles. The van der Waals surface area contributed by atoms with Crippen LogP contribution in [0.1, 0.15) is 9.67 Å². The maximum atomic E-state index is 13.5. The van der Waals surface area contributed by atoms with Gasteiger partial charge in [0.15, 0.2) is 0 Å². The number of nitrogens with two attached hydrogens (primary N) is 1. The van der Waals surface area contributed by atoms with Gasteiger partial charge in [0.05, 0.1) is 17.6 Å². The largest absolute Gasteiger partial charge is 0.397 e. The summed E-state index contributed by atoms with van der Waals surface area (Å²) in [5, 5.41) is 10.8. The first-order chi connectivity index (χ1) is 9.66. The van der Waals surface area contributed by atoms with Gasteiger partial charge in [0.2, 0.25) is 0 Å². The normalized spacial score (nSPS) is 10.7. The van der Waals surface area contributed by atoms with Gasteiger partial charge in [-0.15, -0.1) is 16.4 Å². The number of anilines is 2. The van der Waals surface area contributed by atoms with Crippen LogP contribution < -0.4 is 11.1 Å². The van der Waals surface area contributed by atoms with E-state index in [1.54, 1.807) is 18.2 Å². The number of aromatic nitrogens is 2. The number of nitrogens with zero attached hydrogens (tertiary/aromatic N) is 2. The minimum atomic E-state index is -0.500. The van der Waals surface area contributed by atoms with Gasteiger partial charge in [0.25, 0.3) is 5.91 Å². The number of carbonyl (C=O) groups excluding carboxylic acids is 1. The number of carbonyl (C=O) groups is 1. The Morgan fingerprint density at radius 3 is 2.85 bits per heavy atom. The molecule has 3 aromatic rings. The van der Waals surface area contributed by atoms with Crippen LogP contribution in [0.25, 0.3) is 10.2 Å². The Bertz CT molecular complexity index is 802. The molecule has 5 nitrogen and oxygen atoms in total. The minimum Gasteiger partial charge on any atom is -0.397 e. The molecular formula is C13H9FN4OS. The van der Waals surface area contributed by atoms with Crippen molar-refractivity contribution < 1.29 is 9.18 Å². The van der Waals surface area contributed by atoms with Gasteiger partial charge in [0.1, 0.15) is 15.5 Å². The lowest BCUT2D eigenvalue weighted by Crippen LogP contribution is -2.12. The molecule has 20 heavy (non-hydrogen) atoms. The second kappa shape index (κ2) is 4.86. The molecule has 0 aliphatic heterocycles. The molecule has 0 aliphatic carbocycles. The van der Waals surface area contributed by atoms with E-state index in [0.717, 1.165) is 11.3 Å². The SMILES string of the molecule is Nc1c(C(=O)Nc2ccccc2F)sc2nnccc12.